The van der Waals surface area contributed by atoms with Crippen LogP contribution in [0.2, 0.25) is 0 Å². The number of benzene rings is 2. The monoisotopic (exact) mass is 435 g/mol. The highest BCUT2D eigenvalue weighted by molar-refractivity contribution is 5.99. The van der Waals surface area contributed by atoms with Crippen LogP contribution in [0.25, 0.3) is 0 Å². The first-order valence-corrected chi connectivity index (χ1v) is 10.5. The number of halogens is 1. The Morgan fingerprint density at radius 3 is 2.22 bits per heavy atom. The Labute approximate surface area is 186 Å². The summed E-state index contributed by atoms with van der Waals surface area (Å²) in [4.78, 5) is 38.0. The van der Waals surface area contributed by atoms with E-state index in [1.807, 2.05) is 30.3 Å². The molecule has 0 saturated heterocycles. The zero-order chi connectivity index (χ0) is 23.1. The molecule has 2 N–H and O–H groups in total. The number of carbonyl (C=O) groups is 2. The van der Waals surface area contributed by atoms with E-state index >= 15 is 0 Å². The van der Waals surface area contributed by atoms with Gasteiger partial charge in [0.15, 0.2) is 0 Å². The van der Waals surface area contributed by atoms with E-state index in [0.717, 1.165) is 12.8 Å². The molecule has 0 fully saturated rings. The second-order valence-electron chi connectivity index (χ2n) is 7.57. The van der Waals surface area contributed by atoms with Crippen molar-refractivity contribution in [3.8, 4) is 0 Å². The highest BCUT2D eigenvalue weighted by atomic mass is 19.1. The van der Waals surface area contributed by atoms with Crippen molar-refractivity contribution in [1.82, 2.24) is 15.2 Å². The molecule has 2 aromatic carbocycles. The molecule has 32 heavy (non-hydrogen) atoms. The Bertz CT molecular complexity index is 1140. The topological polar surface area (TPSA) is 80.2 Å². The lowest BCUT2D eigenvalue weighted by Gasteiger charge is -2.16. The zero-order valence-corrected chi connectivity index (χ0v) is 18.1. The van der Waals surface area contributed by atoms with Crippen molar-refractivity contribution in [2.75, 3.05) is 7.05 Å². The van der Waals surface area contributed by atoms with E-state index in [0.29, 0.717) is 12.1 Å². The number of aryl methyl sites for hydroxylation is 2. The lowest BCUT2D eigenvalue weighted by atomic mass is 10.1. The minimum absolute atomic E-state index is 0.0886. The largest absolute Gasteiger partial charge is 0.355 e. The number of rotatable bonds is 8. The first-order chi connectivity index (χ1) is 15.4. The molecule has 6 nitrogen and oxygen atoms in total. The second kappa shape index (κ2) is 10.5. The Morgan fingerprint density at radius 1 is 0.969 bits per heavy atom. The summed E-state index contributed by atoms with van der Waals surface area (Å²) in [7, 11) is 1.44. The fourth-order valence-electron chi connectivity index (χ4n) is 3.44. The molecule has 0 saturated carbocycles. The van der Waals surface area contributed by atoms with Crippen LogP contribution in [-0.4, -0.2) is 23.4 Å². The van der Waals surface area contributed by atoms with Crippen molar-refractivity contribution in [2.24, 2.45) is 0 Å². The molecule has 0 aliphatic carbocycles. The molecule has 0 bridgehead atoms. The van der Waals surface area contributed by atoms with Crippen LogP contribution in [-0.2, 0) is 13.0 Å². The van der Waals surface area contributed by atoms with Crippen LogP contribution in [0.4, 0.5) is 4.39 Å². The molecule has 0 spiro atoms. The highest BCUT2D eigenvalue weighted by Crippen LogP contribution is 2.14. The Hall–Kier alpha value is -3.74. The molecule has 0 aliphatic heterocycles. The van der Waals surface area contributed by atoms with Gasteiger partial charge in [0.25, 0.3) is 11.8 Å². The maximum atomic E-state index is 13.2. The molecule has 1 atom stereocenters. The first-order valence-electron chi connectivity index (χ1n) is 10.5. The van der Waals surface area contributed by atoms with Gasteiger partial charge in [-0.25, -0.2) is 4.39 Å². The van der Waals surface area contributed by atoms with Gasteiger partial charge in [-0.2, -0.15) is 0 Å². The van der Waals surface area contributed by atoms with Crippen LogP contribution in [0, 0.1) is 5.82 Å². The smallest absolute Gasteiger partial charge is 0.257 e. The van der Waals surface area contributed by atoms with Crippen molar-refractivity contribution in [2.45, 2.75) is 32.4 Å². The van der Waals surface area contributed by atoms with Crippen LogP contribution in [0.1, 0.15) is 51.2 Å². The van der Waals surface area contributed by atoms with Gasteiger partial charge in [0.1, 0.15) is 16.9 Å². The average Bonchev–Trinajstić information content (AvgIpc) is 2.80. The molecular weight excluding hydrogens is 409 g/mol. The first kappa shape index (κ1) is 22.9. The minimum atomic E-state index is -0.632. The third kappa shape index (κ3) is 5.69. The molecule has 0 radical (unpaired) electrons. The fourth-order valence-corrected chi connectivity index (χ4v) is 3.44. The zero-order valence-electron chi connectivity index (χ0n) is 18.1. The number of aromatic nitrogens is 1. The van der Waals surface area contributed by atoms with E-state index in [4.69, 9.17) is 0 Å². The van der Waals surface area contributed by atoms with Gasteiger partial charge in [0, 0.05) is 26.0 Å². The quantitative estimate of drug-likeness (QED) is 0.569. The van der Waals surface area contributed by atoms with Crippen molar-refractivity contribution >= 4 is 11.8 Å². The van der Waals surface area contributed by atoms with Crippen LogP contribution in [0.15, 0.2) is 71.8 Å². The number of amides is 2. The lowest BCUT2D eigenvalue weighted by Crippen LogP contribution is -2.35. The molecule has 3 rings (SSSR count). The third-order valence-electron chi connectivity index (χ3n) is 5.24. The van der Waals surface area contributed by atoms with E-state index in [9.17, 15) is 18.8 Å². The Morgan fingerprint density at radius 2 is 1.59 bits per heavy atom. The van der Waals surface area contributed by atoms with Gasteiger partial charge < -0.3 is 15.2 Å². The molecule has 1 aromatic heterocycles. The summed E-state index contributed by atoms with van der Waals surface area (Å²) < 4.78 is 14.9. The summed E-state index contributed by atoms with van der Waals surface area (Å²) in [5.41, 5.74) is 1.05. The molecule has 7 heteroatoms. The molecular formula is C25H26FN3O3. The van der Waals surface area contributed by atoms with E-state index < -0.39 is 23.3 Å². The lowest BCUT2D eigenvalue weighted by molar-refractivity contribution is 0.0938. The number of nitrogens with one attached hydrogen (secondary N) is 2. The van der Waals surface area contributed by atoms with Crippen molar-refractivity contribution in [3.63, 3.8) is 0 Å². The molecule has 166 valence electrons. The second-order valence-corrected chi connectivity index (χ2v) is 7.57. The van der Waals surface area contributed by atoms with Crippen LogP contribution in [0.5, 0.6) is 0 Å². The SMILES string of the molecule is CNC(=O)c1cn(CCCc2ccccc2)cc(C(=O)N[C@@H](C)c2ccc(F)cc2)c1=O. The number of hydrogen-bond donors (Lipinski definition) is 2. The average molecular weight is 435 g/mol. The standard InChI is InChI=1S/C25H26FN3O3/c1-17(19-10-12-20(26)13-11-19)28-25(32)22-16-29(15-21(23(22)30)24(31)27-2)14-6-9-18-7-4-3-5-8-18/h3-5,7-8,10-13,15-17H,6,9,14H2,1-2H3,(H,27,31)(H,28,32)/t17-/m0/s1. The van der Waals surface area contributed by atoms with Gasteiger partial charge >= 0.3 is 0 Å². The van der Waals surface area contributed by atoms with Crippen LogP contribution < -0.4 is 16.1 Å². The van der Waals surface area contributed by atoms with E-state index in [1.54, 1.807) is 23.6 Å². The van der Waals surface area contributed by atoms with Gasteiger partial charge in [-0.15, -0.1) is 0 Å². The minimum Gasteiger partial charge on any atom is -0.355 e. The van der Waals surface area contributed by atoms with Crippen LogP contribution in [0.3, 0.4) is 0 Å². The molecule has 3 aromatic rings. The summed E-state index contributed by atoms with van der Waals surface area (Å²) >= 11 is 0. The summed E-state index contributed by atoms with van der Waals surface area (Å²) in [6.07, 6.45) is 4.55. The number of nitrogens with zero attached hydrogens (tertiary/aromatic N) is 1. The summed E-state index contributed by atoms with van der Waals surface area (Å²) in [5.74, 6) is -1.51. The normalized spacial score (nSPS) is 11.6. The van der Waals surface area contributed by atoms with Gasteiger partial charge in [0.2, 0.25) is 5.43 Å². The van der Waals surface area contributed by atoms with E-state index in [2.05, 4.69) is 10.6 Å². The highest BCUT2D eigenvalue weighted by Gasteiger charge is 2.20. The molecule has 2 amide bonds. The summed E-state index contributed by atoms with van der Waals surface area (Å²) in [6, 6.07) is 15.3. The molecule has 0 aliphatic rings. The van der Waals surface area contributed by atoms with Gasteiger partial charge in [-0.3, -0.25) is 14.4 Å². The van der Waals surface area contributed by atoms with E-state index in [1.165, 1.54) is 37.1 Å². The Kier molecular flexibility index (Phi) is 7.54. The fraction of sp³-hybridized carbons (Fsp3) is 0.240. The van der Waals surface area contributed by atoms with Crippen molar-refractivity contribution in [1.29, 1.82) is 0 Å². The van der Waals surface area contributed by atoms with Crippen molar-refractivity contribution < 1.29 is 14.0 Å². The van der Waals surface area contributed by atoms with Gasteiger partial charge in [0.05, 0.1) is 6.04 Å². The molecule has 1 heterocycles. The third-order valence-corrected chi connectivity index (χ3v) is 5.24. The van der Waals surface area contributed by atoms with Gasteiger partial charge in [-0.05, 0) is 43.0 Å². The summed E-state index contributed by atoms with van der Waals surface area (Å²) in [6.45, 7) is 2.28. The molecule has 0 unspecified atom stereocenters. The predicted molar refractivity (Wildman–Crippen MR) is 121 cm³/mol. The maximum Gasteiger partial charge on any atom is 0.257 e. The number of hydrogen-bond acceptors (Lipinski definition) is 3. The number of pyridine rings is 1. The van der Waals surface area contributed by atoms with Crippen LogP contribution >= 0.6 is 0 Å². The Balaban J connectivity index is 1.81. The van der Waals surface area contributed by atoms with Gasteiger partial charge in [-0.1, -0.05) is 42.5 Å². The predicted octanol–water partition coefficient (Wildman–Crippen LogP) is 3.47. The summed E-state index contributed by atoms with van der Waals surface area (Å²) in [5, 5.41) is 5.21. The number of carbonyl (C=O) groups excluding carboxylic acids is 2. The van der Waals surface area contributed by atoms with Crippen molar-refractivity contribution in [3.05, 3.63) is 105 Å². The maximum absolute atomic E-state index is 13.2. The van der Waals surface area contributed by atoms with E-state index in [-0.39, 0.29) is 16.9 Å².